The third kappa shape index (κ3) is 4.67. The molecule has 0 amide bonds. The Kier molecular flexibility index (Phi) is 9.59. The van der Waals surface area contributed by atoms with Gasteiger partial charge in [0.1, 0.15) is 0 Å². The van der Waals surface area contributed by atoms with Gasteiger partial charge in [-0.05, 0) is 0 Å². The molecule has 1 aliphatic carbocycles. The molecular weight excluding hydrogens is 833 g/mol. The van der Waals surface area contributed by atoms with E-state index in [0.717, 1.165) is 20.8 Å². The molecule has 1 nitrogen and oxygen atoms in total. The van der Waals surface area contributed by atoms with E-state index in [2.05, 4.69) is 0 Å². The van der Waals surface area contributed by atoms with Crippen LogP contribution in [0.5, 0.6) is 0 Å². The van der Waals surface area contributed by atoms with Gasteiger partial charge in [-0.1, -0.05) is 0 Å². The van der Waals surface area contributed by atoms with Crippen LogP contribution in [0.2, 0.25) is 18.1 Å². The first-order valence-corrected chi connectivity index (χ1v) is 22.5. The fourth-order valence-corrected chi connectivity index (χ4v) is 30.9. The SMILES string of the molecule is CC[Si](CC)(CC)[As](=O)(c1c(F)c(F)c2c(c1F)-c1c(F)c(F)c(F)c(F)c1C2(F)F)c1c(F)c(F)c(F)c(F)c1-c1c(F)c(F)c(F)c(F)c1F. The molecule has 1 atom stereocenters. The summed E-state index contributed by atoms with van der Waals surface area (Å²) >= 11 is -7.60. The molecule has 0 aliphatic heterocycles. The zero-order valence-electron chi connectivity index (χ0n) is 25.8. The maximum atomic E-state index is 16.9. The van der Waals surface area contributed by atoms with Crippen molar-refractivity contribution in [3.8, 4) is 22.3 Å². The molecule has 0 fully saturated rings. The molecule has 0 heterocycles. The van der Waals surface area contributed by atoms with Gasteiger partial charge in [0.15, 0.2) is 0 Å². The van der Waals surface area contributed by atoms with E-state index >= 15 is 52.0 Å². The normalized spacial score (nSPS) is 14.9. The van der Waals surface area contributed by atoms with Gasteiger partial charge in [-0.2, -0.15) is 0 Å². The first-order chi connectivity index (χ1) is 24.0. The van der Waals surface area contributed by atoms with Crippen molar-refractivity contribution in [1.29, 1.82) is 0 Å². The van der Waals surface area contributed by atoms with Gasteiger partial charge in [-0.25, -0.2) is 0 Å². The van der Waals surface area contributed by atoms with Crippen molar-refractivity contribution in [2.45, 2.75) is 44.8 Å². The molecule has 0 saturated carbocycles. The summed E-state index contributed by atoms with van der Waals surface area (Å²) in [6.07, 6.45) is 0. The monoisotopic (exact) mass is 848 g/mol. The molecule has 5 rings (SSSR count). The molecule has 4 aromatic carbocycles. The van der Waals surface area contributed by atoms with Crippen LogP contribution in [0.25, 0.3) is 22.3 Å². The number of hydrogen-bond donors (Lipinski definition) is 0. The summed E-state index contributed by atoms with van der Waals surface area (Å²) in [5.41, 5.74) is -15.2. The van der Waals surface area contributed by atoms with Gasteiger partial charge in [-0.3, -0.25) is 0 Å². The van der Waals surface area contributed by atoms with Crippen molar-refractivity contribution in [3.63, 3.8) is 0 Å². The summed E-state index contributed by atoms with van der Waals surface area (Å²) in [7, 11) is 0. The Morgan fingerprint density at radius 1 is 0.385 bits per heavy atom. The molecule has 52 heavy (non-hydrogen) atoms. The summed E-state index contributed by atoms with van der Waals surface area (Å²) in [4.78, 5) is 0. The second kappa shape index (κ2) is 12.7. The zero-order valence-corrected chi connectivity index (χ0v) is 28.7. The van der Waals surface area contributed by atoms with Crippen LogP contribution in [0.1, 0.15) is 31.9 Å². The number of hydrogen-bond acceptors (Lipinski definition) is 1. The number of halogens is 18. The van der Waals surface area contributed by atoms with Gasteiger partial charge in [0.2, 0.25) is 0 Å². The van der Waals surface area contributed by atoms with Crippen LogP contribution in [0.4, 0.5) is 79.0 Å². The number of alkyl halides is 2. The van der Waals surface area contributed by atoms with Crippen molar-refractivity contribution in [3.05, 3.63) is 104 Å². The molecule has 0 aromatic heterocycles. The first kappa shape index (κ1) is 39.4. The number of benzene rings is 4. The average molecular weight is 848 g/mol. The molecule has 280 valence electrons. The number of fused-ring (bicyclic) bond motifs is 3. The van der Waals surface area contributed by atoms with E-state index < -0.39 is 179 Å². The summed E-state index contributed by atoms with van der Waals surface area (Å²) in [5, 5.41) is 0. The minimum atomic E-state index is -7.60. The summed E-state index contributed by atoms with van der Waals surface area (Å²) < 4.78 is 284. The molecule has 0 radical (unpaired) electrons. The third-order valence-corrected chi connectivity index (χ3v) is 35.8. The van der Waals surface area contributed by atoms with Gasteiger partial charge < -0.3 is 0 Å². The predicted molar refractivity (Wildman–Crippen MR) is 149 cm³/mol. The molecule has 0 spiro atoms. The van der Waals surface area contributed by atoms with Gasteiger partial charge in [-0.15, -0.1) is 0 Å². The Hall–Kier alpha value is -3.80. The Bertz CT molecular complexity index is 2260. The predicted octanol–water partition coefficient (Wildman–Crippen LogP) is 9.78. The molecule has 21 heteroatoms. The van der Waals surface area contributed by atoms with Gasteiger partial charge in [0, 0.05) is 0 Å². The molecule has 0 N–H and O–H groups in total. The fourth-order valence-electron chi connectivity index (χ4n) is 6.71. The summed E-state index contributed by atoms with van der Waals surface area (Å²) in [6, 6.07) is -2.17. The molecule has 1 unspecified atom stereocenters. The Morgan fingerprint density at radius 2 is 0.673 bits per heavy atom. The summed E-state index contributed by atoms with van der Waals surface area (Å²) in [6.45, 7) is -1.73. The Morgan fingerprint density at radius 3 is 1.10 bits per heavy atom. The maximum absolute atomic E-state index is 16.9. The molecule has 0 bridgehead atoms. The zero-order chi connectivity index (χ0) is 39.5. The number of rotatable bonds is 7. The van der Waals surface area contributed by atoms with Gasteiger partial charge in [0.05, 0.1) is 0 Å². The summed E-state index contributed by atoms with van der Waals surface area (Å²) in [5.74, 6) is -53.5. The Labute approximate surface area is 281 Å². The van der Waals surface area contributed by atoms with E-state index in [1.54, 1.807) is 0 Å². The van der Waals surface area contributed by atoms with E-state index in [4.69, 9.17) is 0 Å². The van der Waals surface area contributed by atoms with Crippen molar-refractivity contribution >= 4 is 28.1 Å². The Balaban J connectivity index is 2.17. The van der Waals surface area contributed by atoms with Crippen LogP contribution >= 0.6 is 0 Å². The van der Waals surface area contributed by atoms with Crippen LogP contribution in [0.3, 0.4) is 0 Å². The van der Waals surface area contributed by atoms with Crippen LogP contribution in [-0.4, -0.2) is 19.4 Å². The average Bonchev–Trinajstić information content (AvgIpc) is 3.36. The quantitative estimate of drug-likeness (QED) is 0.0784. The van der Waals surface area contributed by atoms with Crippen molar-refractivity contribution < 1.29 is 82.8 Å². The van der Waals surface area contributed by atoms with Crippen LogP contribution in [-0.2, 0) is 9.66 Å². The van der Waals surface area contributed by atoms with Crippen LogP contribution < -0.4 is 8.70 Å². The fraction of sp³-hybridized carbons (Fsp3) is 0.226. The molecular formula is C31H15AsF18OSi. The molecule has 0 saturated heterocycles. The third-order valence-electron chi connectivity index (χ3n) is 9.42. The topological polar surface area (TPSA) is 17.1 Å². The van der Waals surface area contributed by atoms with E-state index in [1.807, 2.05) is 0 Å². The molecule has 4 aromatic rings. The van der Waals surface area contributed by atoms with Crippen molar-refractivity contribution in [1.82, 2.24) is 0 Å². The van der Waals surface area contributed by atoms with E-state index in [0.29, 0.717) is 0 Å². The standard InChI is InChI=1S/C31H15AsF18OSi/c1-4-52(5-2,6-3)32(51,13-9(17(35)25(43)29(47)22(13)40)10-18(36)26(44)30(48)27(45)19(10)37)14-15(33)7-8-12(21(39)28(46)24(42)16(8)34)31(49,50)11(7)20(38)23(14)41/h4-6H2,1-3H3. The van der Waals surface area contributed by atoms with Crippen molar-refractivity contribution in [2.24, 2.45) is 0 Å². The second-order valence-corrected chi connectivity index (χ2v) is 29.7. The molecule has 1 aliphatic rings. The van der Waals surface area contributed by atoms with E-state index in [9.17, 15) is 30.7 Å². The first-order valence-electron chi connectivity index (χ1n) is 14.4. The van der Waals surface area contributed by atoms with Gasteiger partial charge in [0.25, 0.3) is 0 Å². The van der Waals surface area contributed by atoms with Gasteiger partial charge >= 0.3 is 282 Å². The van der Waals surface area contributed by atoms with E-state index in [-0.39, 0.29) is 0 Å². The second-order valence-electron chi connectivity index (χ2n) is 11.4. The van der Waals surface area contributed by atoms with E-state index in [1.165, 1.54) is 0 Å². The van der Waals surface area contributed by atoms with Crippen molar-refractivity contribution in [2.75, 3.05) is 0 Å². The minimum absolute atomic E-state index is 0.722. The van der Waals surface area contributed by atoms with Crippen LogP contribution in [0, 0.1) is 93.1 Å². The van der Waals surface area contributed by atoms with Crippen LogP contribution in [0.15, 0.2) is 0 Å².